The van der Waals surface area contributed by atoms with Crippen LogP contribution in [0.3, 0.4) is 0 Å². The molecule has 122 valence electrons. The summed E-state index contributed by atoms with van der Waals surface area (Å²) < 4.78 is 10.5. The lowest BCUT2D eigenvalue weighted by molar-refractivity contribution is -0.128. The van der Waals surface area contributed by atoms with Crippen molar-refractivity contribution in [2.75, 3.05) is 33.1 Å². The number of methoxy groups -OCH3 is 2. The second kappa shape index (κ2) is 8.08. The van der Waals surface area contributed by atoms with E-state index in [1.54, 1.807) is 32.2 Å². The number of benzene rings is 2. The number of nitrogens with zero attached hydrogens (tertiary/aromatic N) is 1. The summed E-state index contributed by atoms with van der Waals surface area (Å²) in [5, 5.41) is 3.11. The minimum Gasteiger partial charge on any atom is -0.497 e. The smallest absolute Gasteiger partial charge is 0.241 e. The van der Waals surface area contributed by atoms with Crippen LogP contribution in [0.1, 0.15) is 5.56 Å². The molecule has 0 fully saturated rings. The van der Waals surface area contributed by atoms with E-state index in [1.165, 1.54) is 0 Å². The summed E-state index contributed by atoms with van der Waals surface area (Å²) in [4.78, 5) is 14.0. The number of anilines is 1. The maximum atomic E-state index is 12.3. The summed E-state index contributed by atoms with van der Waals surface area (Å²) in [7, 11) is 4.99. The molecule has 0 aliphatic rings. The fraction of sp³-hybridized carbons (Fsp3) is 0.278. The molecule has 0 heterocycles. The number of likely N-dealkylation sites (N-methyl/N-ethyl adjacent to an activating group) is 1. The Morgan fingerprint density at radius 3 is 2.48 bits per heavy atom. The molecule has 2 rings (SSSR count). The molecule has 0 saturated carbocycles. The quantitative estimate of drug-likeness (QED) is 0.854. The predicted molar refractivity (Wildman–Crippen MR) is 91.0 cm³/mol. The van der Waals surface area contributed by atoms with Gasteiger partial charge in [-0.2, -0.15) is 0 Å². The first-order chi connectivity index (χ1) is 11.1. The average Bonchev–Trinajstić information content (AvgIpc) is 2.60. The van der Waals surface area contributed by atoms with E-state index >= 15 is 0 Å². The molecule has 5 nitrogen and oxygen atoms in total. The number of amides is 1. The van der Waals surface area contributed by atoms with Crippen molar-refractivity contribution in [3.63, 3.8) is 0 Å². The van der Waals surface area contributed by atoms with Gasteiger partial charge in [0.05, 0.1) is 26.5 Å². The Balaban J connectivity index is 1.96. The highest BCUT2D eigenvalue weighted by Crippen LogP contribution is 2.28. The molecule has 0 atom stereocenters. The SMILES string of the molecule is COc1ccc(OC)c(NCC(=O)N(C)Cc2ccccc2)c1. The van der Waals surface area contributed by atoms with E-state index in [1.807, 2.05) is 42.5 Å². The molecule has 0 saturated heterocycles. The van der Waals surface area contributed by atoms with Gasteiger partial charge in [0, 0.05) is 19.7 Å². The van der Waals surface area contributed by atoms with E-state index in [9.17, 15) is 4.79 Å². The lowest BCUT2D eigenvalue weighted by atomic mass is 10.2. The zero-order chi connectivity index (χ0) is 16.7. The van der Waals surface area contributed by atoms with Crippen molar-refractivity contribution in [1.82, 2.24) is 4.90 Å². The highest BCUT2D eigenvalue weighted by molar-refractivity contribution is 5.81. The van der Waals surface area contributed by atoms with Crippen LogP contribution in [0.4, 0.5) is 5.69 Å². The molecule has 0 aliphatic heterocycles. The van der Waals surface area contributed by atoms with Gasteiger partial charge in [0.2, 0.25) is 5.91 Å². The first-order valence-corrected chi connectivity index (χ1v) is 7.38. The Bertz CT molecular complexity index is 644. The normalized spacial score (nSPS) is 10.0. The molecular weight excluding hydrogens is 292 g/mol. The third-order valence-electron chi connectivity index (χ3n) is 3.53. The van der Waals surface area contributed by atoms with Crippen LogP contribution in [0.25, 0.3) is 0 Å². The van der Waals surface area contributed by atoms with Crippen molar-refractivity contribution in [1.29, 1.82) is 0 Å². The molecule has 0 aliphatic carbocycles. The second-order valence-electron chi connectivity index (χ2n) is 5.16. The molecule has 0 radical (unpaired) electrons. The van der Waals surface area contributed by atoms with Crippen molar-refractivity contribution in [2.45, 2.75) is 6.54 Å². The van der Waals surface area contributed by atoms with Crippen molar-refractivity contribution < 1.29 is 14.3 Å². The van der Waals surface area contributed by atoms with Gasteiger partial charge in [0.15, 0.2) is 0 Å². The summed E-state index contributed by atoms with van der Waals surface area (Å²) in [6.45, 7) is 0.767. The Hall–Kier alpha value is -2.69. The van der Waals surface area contributed by atoms with Crippen molar-refractivity contribution in [2.24, 2.45) is 0 Å². The Morgan fingerprint density at radius 2 is 1.83 bits per heavy atom. The molecule has 0 spiro atoms. The van der Waals surface area contributed by atoms with Crippen LogP contribution in [0.15, 0.2) is 48.5 Å². The molecule has 1 amide bonds. The summed E-state index contributed by atoms with van der Waals surface area (Å²) in [5.74, 6) is 1.38. The number of ether oxygens (including phenoxy) is 2. The van der Waals surface area contributed by atoms with Crippen LogP contribution in [-0.2, 0) is 11.3 Å². The summed E-state index contributed by atoms with van der Waals surface area (Å²) in [6, 6.07) is 15.3. The number of hydrogen-bond acceptors (Lipinski definition) is 4. The van der Waals surface area contributed by atoms with Gasteiger partial charge in [-0.05, 0) is 17.7 Å². The first-order valence-electron chi connectivity index (χ1n) is 7.38. The van der Waals surface area contributed by atoms with E-state index < -0.39 is 0 Å². The number of carbonyl (C=O) groups excluding carboxylic acids is 1. The minimum absolute atomic E-state index is 0.00118. The zero-order valence-corrected chi connectivity index (χ0v) is 13.7. The van der Waals surface area contributed by atoms with Crippen LogP contribution in [0, 0.1) is 0 Å². The monoisotopic (exact) mass is 314 g/mol. The average molecular weight is 314 g/mol. The van der Waals surface area contributed by atoms with E-state index in [0.717, 1.165) is 11.3 Å². The zero-order valence-electron chi connectivity index (χ0n) is 13.7. The fourth-order valence-corrected chi connectivity index (χ4v) is 2.20. The van der Waals surface area contributed by atoms with Crippen LogP contribution in [0.2, 0.25) is 0 Å². The van der Waals surface area contributed by atoms with E-state index in [4.69, 9.17) is 9.47 Å². The van der Waals surface area contributed by atoms with Gasteiger partial charge in [-0.25, -0.2) is 0 Å². The molecule has 5 heteroatoms. The Morgan fingerprint density at radius 1 is 1.09 bits per heavy atom. The van der Waals surface area contributed by atoms with E-state index in [0.29, 0.717) is 18.0 Å². The lowest BCUT2D eigenvalue weighted by Gasteiger charge is -2.19. The molecule has 2 aromatic rings. The molecule has 0 bridgehead atoms. The molecular formula is C18H22N2O3. The summed E-state index contributed by atoms with van der Waals surface area (Å²) in [5.41, 5.74) is 1.83. The Kier molecular flexibility index (Phi) is 5.86. The molecule has 2 aromatic carbocycles. The van der Waals surface area contributed by atoms with Crippen LogP contribution < -0.4 is 14.8 Å². The van der Waals surface area contributed by atoms with Gasteiger partial charge in [-0.3, -0.25) is 4.79 Å². The van der Waals surface area contributed by atoms with Crippen molar-refractivity contribution >= 4 is 11.6 Å². The standard InChI is InChI=1S/C18H22N2O3/c1-20(13-14-7-5-4-6-8-14)18(21)12-19-16-11-15(22-2)9-10-17(16)23-3/h4-11,19H,12-13H2,1-3H3. The molecule has 0 unspecified atom stereocenters. The molecule has 0 aromatic heterocycles. The number of nitrogens with one attached hydrogen (secondary N) is 1. The van der Waals surface area contributed by atoms with E-state index in [2.05, 4.69) is 5.32 Å². The number of carbonyl (C=O) groups is 1. The molecule has 1 N–H and O–H groups in total. The van der Waals surface area contributed by atoms with Crippen LogP contribution in [-0.4, -0.2) is 38.6 Å². The number of hydrogen-bond donors (Lipinski definition) is 1. The fourth-order valence-electron chi connectivity index (χ4n) is 2.20. The second-order valence-corrected chi connectivity index (χ2v) is 5.16. The van der Waals surface area contributed by atoms with E-state index in [-0.39, 0.29) is 12.5 Å². The van der Waals surface area contributed by atoms with Gasteiger partial charge in [0.25, 0.3) is 0 Å². The minimum atomic E-state index is -0.00118. The van der Waals surface area contributed by atoms with Crippen molar-refractivity contribution in [3.05, 3.63) is 54.1 Å². The van der Waals surface area contributed by atoms with Gasteiger partial charge < -0.3 is 19.7 Å². The van der Waals surface area contributed by atoms with Gasteiger partial charge in [-0.1, -0.05) is 30.3 Å². The van der Waals surface area contributed by atoms with Crippen LogP contribution in [0.5, 0.6) is 11.5 Å². The topological polar surface area (TPSA) is 50.8 Å². The third kappa shape index (κ3) is 4.64. The van der Waals surface area contributed by atoms with Crippen molar-refractivity contribution in [3.8, 4) is 11.5 Å². The largest absolute Gasteiger partial charge is 0.497 e. The van der Waals surface area contributed by atoms with Gasteiger partial charge >= 0.3 is 0 Å². The summed E-state index contributed by atoms with van der Waals surface area (Å²) >= 11 is 0. The van der Waals surface area contributed by atoms with Gasteiger partial charge in [0.1, 0.15) is 11.5 Å². The van der Waals surface area contributed by atoms with Crippen LogP contribution >= 0.6 is 0 Å². The predicted octanol–water partition coefficient (Wildman–Crippen LogP) is 2.77. The lowest BCUT2D eigenvalue weighted by Crippen LogP contribution is -2.31. The third-order valence-corrected chi connectivity index (χ3v) is 3.53. The maximum absolute atomic E-state index is 12.3. The maximum Gasteiger partial charge on any atom is 0.241 e. The highest BCUT2D eigenvalue weighted by atomic mass is 16.5. The first kappa shape index (κ1) is 16.7. The Labute approximate surface area is 136 Å². The molecule has 23 heavy (non-hydrogen) atoms. The highest BCUT2D eigenvalue weighted by Gasteiger charge is 2.11. The van der Waals surface area contributed by atoms with Gasteiger partial charge in [-0.15, -0.1) is 0 Å². The number of rotatable bonds is 7. The summed E-state index contributed by atoms with van der Waals surface area (Å²) in [6.07, 6.45) is 0.